The van der Waals surface area contributed by atoms with E-state index in [0.717, 1.165) is 5.69 Å². The van der Waals surface area contributed by atoms with Crippen LogP contribution in [0.5, 0.6) is 5.75 Å². The summed E-state index contributed by atoms with van der Waals surface area (Å²) < 4.78 is 11.4. The standard InChI is InChI=1S/C21H25N5O4/c1-21(2)18(27)13-10-16(26-6-8-29-9-7-26)15(11-17(13)30-21)25-20(28)14(12-22)19-23-4-3-5-24-19/h3-5,10-12,18,27H,6-9,22H2,1-2H3,(H,25,28). The van der Waals surface area contributed by atoms with Crippen molar-refractivity contribution in [1.29, 1.82) is 0 Å². The van der Waals surface area contributed by atoms with Gasteiger partial charge in [-0.3, -0.25) is 4.79 Å². The van der Waals surface area contributed by atoms with Crippen LogP contribution in [0.3, 0.4) is 0 Å². The number of aliphatic hydroxyl groups is 1. The second kappa shape index (κ2) is 7.92. The number of carbonyl (C=O) groups is 1. The number of anilines is 2. The van der Waals surface area contributed by atoms with Crippen molar-refractivity contribution in [2.45, 2.75) is 25.6 Å². The Kier molecular flexibility index (Phi) is 5.31. The Morgan fingerprint density at radius 3 is 2.67 bits per heavy atom. The van der Waals surface area contributed by atoms with Gasteiger partial charge in [0.05, 0.1) is 30.2 Å². The Morgan fingerprint density at radius 1 is 1.30 bits per heavy atom. The van der Waals surface area contributed by atoms with Crippen LogP contribution in [0.15, 0.2) is 36.8 Å². The zero-order valence-electron chi connectivity index (χ0n) is 17.0. The van der Waals surface area contributed by atoms with E-state index in [-0.39, 0.29) is 11.4 Å². The average Bonchev–Trinajstić information content (AvgIpc) is 2.97. The van der Waals surface area contributed by atoms with Crippen molar-refractivity contribution in [3.05, 3.63) is 48.2 Å². The molecule has 0 spiro atoms. The van der Waals surface area contributed by atoms with Crippen LogP contribution in [0.4, 0.5) is 11.4 Å². The number of hydrogen-bond acceptors (Lipinski definition) is 8. The number of ether oxygens (including phenoxy) is 2. The van der Waals surface area contributed by atoms with Gasteiger partial charge in [0.2, 0.25) is 0 Å². The van der Waals surface area contributed by atoms with E-state index in [0.29, 0.717) is 43.3 Å². The average molecular weight is 411 g/mol. The molecule has 9 nitrogen and oxygen atoms in total. The van der Waals surface area contributed by atoms with Gasteiger partial charge in [0.25, 0.3) is 5.91 Å². The number of nitrogens with zero attached hydrogens (tertiary/aromatic N) is 3. The molecule has 1 aromatic carbocycles. The van der Waals surface area contributed by atoms with Crippen molar-refractivity contribution in [2.75, 3.05) is 36.5 Å². The van der Waals surface area contributed by atoms with Gasteiger partial charge in [0.15, 0.2) is 5.82 Å². The van der Waals surface area contributed by atoms with Crippen LogP contribution in [0.2, 0.25) is 0 Å². The molecule has 0 bridgehead atoms. The summed E-state index contributed by atoms with van der Waals surface area (Å²) in [6, 6.07) is 5.29. The predicted molar refractivity (Wildman–Crippen MR) is 112 cm³/mol. The van der Waals surface area contributed by atoms with Gasteiger partial charge in [-0.15, -0.1) is 0 Å². The fraction of sp³-hybridized carbons (Fsp3) is 0.381. The van der Waals surface area contributed by atoms with E-state index in [1.54, 1.807) is 24.5 Å². The zero-order chi connectivity index (χ0) is 21.3. The molecule has 2 aliphatic rings. The summed E-state index contributed by atoms with van der Waals surface area (Å²) in [5.74, 6) is 0.337. The molecule has 4 rings (SSSR count). The molecule has 1 unspecified atom stereocenters. The SMILES string of the molecule is CC1(C)Oc2cc(NC(=O)C(=CN)c3ncccn3)c(N3CCOCC3)cc2C1O. The van der Waals surface area contributed by atoms with Crippen molar-refractivity contribution in [3.63, 3.8) is 0 Å². The maximum absolute atomic E-state index is 13.0. The zero-order valence-corrected chi connectivity index (χ0v) is 17.0. The normalized spacial score (nSPS) is 20.4. The number of nitrogens with one attached hydrogen (secondary N) is 1. The lowest BCUT2D eigenvalue weighted by atomic mass is 9.97. The Bertz CT molecular complexity index is 971. The summed E-state index contributed by atoms with van der Waals surface area (Å²) >= 11 is 0. The van der Waals surface area contributed by atoms with E-state index in [4.69, 9.17) is 15.2 Å². The van der Waals surface area contributed by atoms with Crippen molar-refractivity contribution < 1.29 is 19.4 Å². The number of nitrogens with two attached hydrogens (primary N) is 1. The smallest absolute Gasteiger partial charge is 0.261 e. The maximum Gasteiger partial charge on any atom is 0.261 e. The predicted octanol–water partition coefficient (Wildman–Crippen LogP) is 1.46. The topological polar surface area (TPSA) is 123 Å². The first kappa shape index (κ1) is 20.1. The maximum atomic E-state index is 13.0. The molecule has 1 aromatic heterocycles. The number of benzene rings is 1. The monoisotopic (exact) mass is 411 g/mol. The third-order valence-electron chi connectivity index (χ3n) is 5.27. The number of aromatic nitrogens is 2. The van der Waals surface area contributed by atoms with Gasteiger partial charge < -0.3 is 30.5 Å². The molecule has 1 amide bonds. The number of amides is 1. The summed E-state index contributed by atoms with van der Waals surface area (Å²) in [4.78, 5) is 23.3. The second-order valence-corrected chi connectivity index (χ2v) is 7.72. The molecule has 3 heterocycles. The molecule has 1 fully saturated rings. The molecule has 9 heteroatoms. The number of fused-ring (bicyclic) bond motifs is 1. The minimum atomic E-state index is -0.769. The third kappa shape index (κ3) is 3.69. The number of rotatable bonds is 4. The van der Waals surface area contributed by atoms with Gasteiger partial charge >= 0.3 is 0 Å². The van der Waals surface area contributed by atoms with E-state index >= 15 is 0 Å². The van der Waals surface area contributed by atoms with Crippen LogP contribution in [-0.2, 0) is 9.53 Å². The van der Waals surface area contributed by atoms with E-state index in [1.165, 1.54) is 6.20 Å². The first-order valence-corrected chi connectivity index (χ1v) is 9.79. The summed E-state index contributed by atoms with van der Waals surface area (Å²) in [5, 5.41) is 13.6. The molecule has 158 valence electrons. The molecule has 2 aromatic rings. The number of morpholine rings is 1. The first-order valence-electron chi connectivity index (χ1n) is 9.79. The van der Waals surface area contributed by atoms with Crippen LogP contribution in [-0.4, -0.2) is 52.9 Å². The van der Waals surface area contributed by atoms with Gasteiger partial charge in [-0.2, -0.15) is 0 Å². The minimum Gasteiger partial charge on any atom is -0.484 e. The molecular formula is C21H25N5O4. The number of aliphatic hydroxyl groups excluding tert-OH is 1. The van der Waals surface area contributed by atoms with Crippen LogP contribution in [0.1, 0.15) is 31.3 Å². The summed E-state index contributed by atoms with van der Waals surface area (Å²) in [5.41, 5.74) is 7.14. The molecule has 2 aliphatic heterocycles. The fourth-order valence-electron chi connectivity index (χ4n) is 3.65. The molecule has 0 saturated carbocycles. The molecule has 0 radical (unpaired) electrons. The minimum absolute atomic E-state index is 0.158. The summed E-state index contributed by atoms with van der Waals surface area (Å²) in [6.07, 6.45) is 3.51. The van der Waals surface area contributed by atoms with Gasteiger partial charge in [-0.25, -0.2) is 9.97 Å². The lowest BCUT2D eigenvalue weighted by Gasteiger charge is -2.31. The van der Waals surface area contributed by atoms with Crippen molar-refractivity contribution >= 4 is 22.9 Å². The van der Waals surface area contributed by atoms with E-state index < -0.39 is 17.6 Å². The molecule has 0 aliphatic carbocycles. The van der Waals surface area contributed by atoms with E-state index in [1.807, 2.05) is 19.9 Å². The molecule has 30 heavy (non-hydrogen) atoms. The van der Waals surface area contributed by atoms with Gasteiger partial charge in [-0.1, -0.05) is 0 Å². The lowest BCUT2D eigenvalue weighted by Crippen LogP contribution is -2.37. The molecular weight excluding hydrogens is 386 g/mol. The summed E-state index contributed by atoms with van der Waals surface area (Å²) in [7, 11) is 0. The van der Waals surface area contributed by atoms with Gasteiger partial charge in [0.1, 0.15) is 17.5 Å². The van der Waals surface area contributed by atoms with Crippen molar-refractivity contribution in [1.82, 2.24) is 9.97 Å². The van der Waals surface area contributed by atoms with Gasteiger partial charge in [0, 0.05) is 43.3 Å². The third-order valence-corrected chi connectivity index (χ3v) is 5.27. The van der Waals surface area contributed by atoms with Crippen LogP contribution >= 0.6 is 0 Å². The highest BCUT2D eigenvalue weighted by Gasteiger charge is 2.41. The van der Waals surface area contributed by atoms with E-state index in [2.05, 4.69) is 20.2 Å². The first-order chi connectivity index (χ1) is 14.4. The van der Waals surface area contributed by atoms with Crippen LogP contribution in [0.25, 0.3) is 5.57 Å². The van der Waals surface area contributed by atoms with Crippen LogP contribution in [0, 0.1) is 0 Å². The highest BCUT2D eigenvalue weighted by molar-refractivity contribution is 6.24. The quantitative estimate of drug-likeness (QED) is 0.646. The largest absolute Gasteiger partial charge is 0.484 e. The summed E-state index contributed by atoms with van der Waals surface area (Å²) in [6.45, 7) is 6.16. The molecule has 1 saturated heterocycles. The van der Waals surface area contributed by atoms with E-state index in [9.17, 15) is 9.90 Å². The Hall–Kier alpha value is -3.17. The van der Waals surface area contributed by atoms with Gasteiger partial charge in [-0.05, 0) is 26.0 Å². The second-order valence-electron chi connectivity index (χ2n) is 7.72. The molecule has 1 atom stereocenters. The molecule has 4 N–H and O–H groups in total. The Morgan fingerprint density at radius 2 is 2.00 bits per heavy atom. The van der Waals surface area contributed by atoms with Crippen LogP contribution < -0.4 is 20.7 Å². The Labute approximate surface area is 174 Å². The van der Waals surface area contributed by atoms with Crippen molar-refractivity contribution in [2.24, 2.45) is 5.73 Å². The number of carbonyl (C=O) groups excluding carboxylic acids is 1. The fourth-order valence-corrected chi connectivity index (χ4v) is 3.65. The Balaban J connectivity index is 1.70. The highest BCUT2D eigenvalue weighted by Crippen LogP contribution is 2.47. The lowest BCUT2D eigenvalue weighted by molar-refractivity contribution is -0.111. The van der Waals surface area contributed by atoms with Crippen molar-refractivity contribution in [3.8, 4) is 5.75 Å². The number of hydrogen-bond donors (Lipinski definition) is 3. The highest BCUT2D eigenvalue weighted by atomic mass is 16.5.